The monoisotopic (exact) mass is 1960 g/mol. The van der Waals surface area contributed by atoms with Crippen molar-refractivity contribution in [2.75, 3.05) is 0 Å². The fourth-order valence-corrected chi connectivity index (χ4v) is 16.4. The molecular formula is C108H79AlBCl5I2NaO6. The minimum Gasteiger partial charge on any atom is -1.00 e. The topological polar surface area (TPSA) is 109 Å². The molecule has 23 aromatic rings. The predicted octanol–water partition coefficient (Wildman–Crippen LogP) is 29.4. The third-order valence-corrected chi connectivity index (χ3v) is 22.3. The number of hydrogen-bond donors (Lipinski definition) is 2. The Morgan fingerprint density at radius 2 is 0.371 bits per heavy atom. The van der Waals surface area contributed by atoms with Gasteiger partial charge < -0.3 is 11.6 Å². The van der Waals surface area contributed by atoms with Crippen molar-refractivity contribution in [3.8, 4) is 0 Å². The Bertz CT molecular complexity index is 6020. The summed E-state index contributed by atoms with van der Waals surface area (Å²) >= 11 is 12.9. The number of Topliss-reactive ketones (excluding diaryl/α,β-unsaturated/α-hetero) is 2. The van der Waals surface area contributed by atoms with Crippen LogP contribution >= 0.6 is 90.6 Å². The second-order valence-corrected chi connectivity index (χ2v) is 36.7. The summed E-state index contributed by atoms with van der Waals surface area (Å²) in [7, 11) is 14.8. The quantitative estimate of drug-likeness (QED) is 0.0564. The average Bonchev–Trinajstić information content (AvgIpc) is 0.773. The molecule has 0 bridgehead atoms. The van der Waals surface area contributed by atoms with E-state index >= 15 is 0 Å². The van der Waals surface area contributed by atoms with Crippen molar-refractivity contribution >= 4 is 294 Å². The van der Waals surface area contributed by atoms with Gasteiger partial charge in [-0.05, 0) is 236 Å². The Kier molecular flexibility index (Phi) is 32.8. The maximum absolute atomic E-state index is 10.9. The van der Waals surface area contributed by atoms with Gasteiger partial charge in [0.15, 0.2) is 11.6 Å². The van der Waals surface area contributed by atoms with Crippen LogP contribution in [0.15, 0.2) is 376 Å². The van der Waals surface area contributed by atoms with Crippen LogP contribution in [0.2, 0.25) is 0 Å². The van der Waals surface area contributed by atoms with Crippen LogP contribution in [0.25, 0.3) is 162 Å². The van der Waals surface area contributed by atoms with Gasteiger partial charge >= 0.3 is 40.9 Å². The Hall–Kier alpha value is -9.63. The molecule has 0 amide bonds. The molecule has 2 atom stereocenters. The van der Waals surface area contributed by atoms with Gasteiger partial charge in [0.1, 0.15) is 0 Å². The molecule has 0 fully saturated rings. The van der Waals surface area contributed by atoms with Gasteiger partial charge in [-0.25, -0.2) is 30.1 Å². The molecule has 0 spiro atoms. The van der Waals surface area contributed by atoms with Gasteiger partial charge in [0, 0.05) is 67.9 Å². The third kappa shape index (κ3) is 21.5. The molecule has 16 heteroatoms. The van der Waals surface area contributed by atoms with E-state index in [2.05, 4.69) is 341 Å². The number of halogens is 7. The number of rotatable bonds is 6. The molecule has 0 heterocycles. The maximum atomic E-state index is 10.9. The number of carbonyl (C=O) groups is 4. The van der Waals surface area contributed by atoms with E-state index in [0.717, 1.165) is 11.1 Å². The molecule has 6 nitrogen and oxygen atoms in total. The summed E-state index contributed by atoms with van der Waals surface area (Å²) in [6.45, 7) is 6.39. The van der Waals surface area contributed by atoms with E-state index in [1.807, 2.05) is 24.3 Å². The third-order valence-electron chi connectivity index (χ3n) is 21.8. The SMILES string of the molecule is CC(=O)c1cccc(C(C)=O)c1.CC(O)c1cccc(C(C)O)c1.II.O=C(Cl)c1cccc(C(=O)Cl)c1.[B].[Cl][Al]([Cl])[Cl].[H-].[Na+].c1cc2ccc3cccc4ccc(c1)c2c34.c1cc2ccc3cccc4ccc(c1)c2c34.c1cc2ccc3cccc4ccc(c1)c2c34.c1cc2ccc3cccc4ccc(c1)c2c34.c1cc2ccc3cccc4ccc(c1)c2c34. The number of carbonyl (C=O) groups excluding carboxylic acids is 4. The van der Waals surface area contributed by atoms with Crippen LogP contribution in [0.4, 0.5) is 0 Å². The molecule has 2 N–H and O–H groups in total. The molecule has 0 aliphatic carbocycles. The van der Waals surface area contributed by atoms with Crippen LogP contribution in [-0.4, -0.2) is 52.1 Å². The molecule has 2 unspecified atom stereocenters. The fraction of sp³-hybridized carbons (Fsp3) is 0.0556. The molecule has 23 aromatic carbocycles. The van der Waals surface area contributed by atoms with Gasteiger partial charge in [-0.2, -0.15) is 0 Å². The zero-order valence-electron chi connectivity index (χ0n) is 69.3. The molecule has 603 valence electrons. The molecule has 23 rings (SSSR count). The largest absolute Gasteiger partial charge is 1.00 e. The van der Waals surface area contributed by atoms with Gasteiger partial charge in [0.05, 0.1) is 12.2 Å². The first-order valence-corrected chi connectivity index (χ1v) is 51.8. The van der Waals surface area contributed by atoms with E-state index in [4.69, 9.17) is 53.3 Å². The number of aliphatic hydroxyl groups excluding tert-OH is 2. The van der Waals surface area contributed by atoms with Gasteiger partial charge in [0.2, 0.25) is 0 Å². The van der Waals surface area contributed by atoms with Crippen molar-refractivity contribution in [3.05, 3.63) is 409 Å². The normalized spacial score (nSPS) is 11.2. The zero-order valence-corrected chi connectivity index (χ0v) is 79.5. The van der Waals surface area contributed by atoms with Gasteiger partial charge in [-0.1, -0.05) is 364 Å². The van der Waals surface area contributed by atoms with Crippen LogP contribution in [-0.2, 0) is 0 Å². The molecule has 0 aromatic heterocycles. The fourth-order valence-electron chi connectivity index (χ4n) is 16.1. The minimum absolute atomic E-state index is 0. The molecule has 0 saturated heterocycles. The van der Waals surface area contributed by atoms with Gasteiger partial charge in [0.25, 0.3) is 10.5 Å². The van der Waals surface area contributed by atoms with Gasteiger partial charge in [-0.15, -0.1) is 0 Å². The number of hydrogen-bond acceptors (Lipinski definition) is 6. The average molecular weight is 1960 g/mol. The zero-order chi connectivity index (χ0) is 85.7. The van der Waals surface area contributed by atoms with E-state index in [9.17, 15) is 29.4 Å². The van der Waals surface area contributed by atoms with E-state index in [1.54, 1.807) is 44.2 Å². The summed E-state index contributed by atoms with van der Waals surface area (Å²) in [5.74, 6) is -0.0313. The number of ketones is 2. The summed E-state index contributed by atoms with van der Waals surface area (Å²) in [5, 5.41) is 58.0. The summed E-state index contributed by atoms with van der Waals surface area (Å²) in [4.78, 5) is 43.1. The Labute approximate surface area is 795 Å². The molecule has 124 heavy (non-hydrogen) atoms. The first-order valence-electron chi connectivity index (χ1n) is 39.5. The first kappa shape index (κ1) is 93.5. The Balaban J connectivity index is 0.000000138. The predicted molar refractivity (Wildman–Crippen MR) is 550 cm³/mol. The number of benzene rings is 23. The van der Waals surface area contributed by atoms with Crippen molar-refractivity contribution in [2.45, 2.75) is 39.9 Å². The molecule has 0 aliphatic rings. The Morgan fingerprint density at radius 1 is 0.250 bits per heavy atom. The maximum Gasteiger partial charge on any atom is 1.00 e. The van der Waals surface area contributed by atoms with E-state index < -0.39 is 34.1 Å². The number of aliphatic hydroxyl groups is 2. The van der Waals surface area contributed by atoms with Crippen molar-refractivity contribution in [2.24, 2.45) is 0 Å². The summed E-state index contributed by atoms with van der Waals surface area (Å²) in [6.07, 6.45) is -0.938. The van der Waals surface area contributed by atoms with Crippen LogP contribution in [0.3, 0.4) is 0 Å². The van der Waals surface area contributed by atoms with Gasteiger partial charge in [-0.3, -0.25) is 19.2 Å². The second-order valence-electron chi connectivity index (χ2n) is 29.5. The standard InChI is InChI=1S/5C16H10.C10H14O2.C10H10O2.C8H4Cl2O2.Al.B.3ClH.I2.Na.H/c5*1-3-11-7-9-13-5-2-6-14-10-8-12(4-1)15(11)16(13)14;2*1-7(11)9-4-3-5-10(6-9)8(2)12;9-7(11)5-2-1-3-6(4-5)8(10)12;;;;;;1-2;;/h5*1-10H;3-8,11-12H,1-2H3;3-6H,1-2H3;1-4H;;;3*1H;;;/q;;;;;;;;+3;;;;;;+1;-1/p-3. The van der Waals surface area contributed by atoms with Crippen LogP contribution in [0.5, 0.6) is 0 Å². The molecule has 0 aliphatic heterocycles. The molecular weight excluding hydrogens is 1890 g/mol. The Morgan fingerprint density at radius 3 is 0.500 bits per heavy atom. The van der Waals surface area contributed by atoms with E-state index in [-0.39, 0.29) is 62.1 Å². The summed E-state index contributed by atoms with van der Waals surface area (Å²) < 4.78 is 0. The van der Waals surface area contributed by atoms with E-state index in [1.165, 1.54) is 194 Å². The van der Waals surface area contributed by atoms with Crippen molar-refractivity contribution < 1.29 is 60.4 Å². The summed E-state index contributed by atoms with van der Waals surface area (Å²) in [5.41, 5.74) is 3.39. The molecule has 3 radical (unpaired) electrons. The van der Waals surface area contributed by atoms with Crippen molar-refractivity contribution in [1.29, 1.82) is 0 Å². The first-order chi connectivity index (χ1) is 59.2. The van der Waals surface area contributed by atoms with Crippen LogP contribution < -0.4 is 29.6 Å². The van der Waals surface area contributed by atoms with Crippen LogP contribution in [0.1, 0.15) is 93.9 Å². The van der Waals surface area contributed by atoms with Crippen LogP contribution in [0, 0.1) is 0 Å². The molecule has 0 saturated carbocycles. The second kappa shape index (κ2) is 43.5. The summed E-state index contributed by atoms with van der Waals surface area (Å²) in [6, 6.07) is 129. The smallest absolute Gasteiger partial charge is 1.00 e. The van der Waals surface area contributed by atoms with Crippen molar-refractivity contribution in [3.63, 3.8) is 0 Å². The van der Waals surface area contributed by atoms with E-state index in [0.29, 0.717) is 11.1 Å². The minimum atomic E-state index is -1.72. The van der Waals surface area contributed by atoms with Crippen molar-refractivity contribution in [1.82, 2.24) is 0 Å².